The largest absolute Gasteiger partial charge is 0.379 e. The molecule has 1 saturated carbocycles. The van der Waals surface area contributed by atoms with Gasteiger partial charge in [-0.2, -0.15) is 5.10 Å². The van der Waals surface area contributed by atoms with E-state index in [2.05, 4.69) is 39.2 Å². The number of aromatic nitrogens is 4. The normalized spacial score (nSPS) is 22.4. The topological polar surface area (TPSA) is 116 Å². The highest BCUT2D eigenvalue weighted by Gasteiger charge is 2.28. The quantitative estimate of drug-likeness (QED) is 0.614. The van der Waals surface area contributed by atoms with Crippen molar-refractivity contribution in [3.8, 4) is 0 Å². The highest BCUT2D eigenvalue weighted by Crippen LogP contribution is 2.27. The van der Waals surface area contributed by atoms with E-state index in [1.165, 1.54) is 0 Å². The van der Waals surface area contributed by atoms with Crippen LogP contribution in [0.4, 0.5) is 0 Å². The van der Waals surface area contributed by atoms with Crippen LogP contribution in [0.5, 0.6) is 0 Å². The smallest absolute Gasteiger partial charge is 0.279 e. The molecular formula is C21H33ClN6O3. The Morgan fingerprint density at radius 2 is 1.97 bits per heavy atom. The predicted molar refractivity (Wildman–Crippen MR) is 121 cm³/mol. The number of H-pyrrole nitrogens is 2. The number of nitrogens with zero attached hydrogens (tertiary/aromatic N) is 3. The molecule has 1 amide bonds. The number of carbonyl (C=O) groups excluding carboxylic acids is 1. The lowest BCUT2D eigenvalue weighted by atomic mass is 9.82. The molecule has 0 unspecified atom stereocenters. The molecule has 9 nitrogen and oxygen atoms in total. The number of amides is 1. The van der Waals surface area contributed by atoms with Gasteiger partial charge in [0.2, 0.25) is 5.91 Å². The maximum atomic E-state index is 12.6. The Kier molecular flexibility index (Phi) is 8.07. The first-order valence-electron chi connectivity index (χ1n) is 11.1. The third kappa shape index (κ3) is 5.64. The van der Waals surface area contributed by atoms with E-state index in [1.54, 1.807) is 0 Å². The van der Waals surface area contributed by atoms with Gasteiger partial charge in [0.25, 0.3) is 5.56 Å². The van der Waals surface area contributed by atoms with Crippen LogP contribution in [0.1, 0.15) is 57.0 Å². The first-order chi connectivity index (χ1) is 14.5. The Morgan fingerprint density at radius 1 is 1.23 bits per heavy atom. The van der Waals surface area contributed by atoms with Gasteiger partial charge >= 0.3 is 0 Å². The van der Waals surface area contributed by atoms with E-state index in [0.29, 0.717) is 43.0 Å². The highest BCUT2D eigenvalue weighted by molar-refractivity contribution is 5.85. The molecule has 0 spiro atoms. The second-order valence-electron chi connectivity index (χ2n) is 8.81. The fourth-order valence-corrected chi connectivity index (χ4v) is 4.58. The fraction of sp³-hybridized carbons (Fsp3) is 0.714. The van der Waals surface area contributed by atoms with Crippen molar-refractivity contribution < 1.29 is 9.53 Å². The Bertz CT molecular complexity index is 937. The number of morpholine rings is 1. The minimum absolute atomic E-state index is 0. The van der Waals surface area contributed by atoms with Gasteiger partial charge in [0, 0.05) is 25.6 Å². The molecule has 1 aliphatic heterocycles. The summed E-state index contributed by atoms with van der Waals surface area (Å²) in [5.74, 6) is 1.22. The Hall–Kier alpha value is -1.97. The molecule has 4 rings (SSSR count). The summed E-state index contributed by atoms with van der Waals surface area (Å²) in [6.07, 6.45) is 4.88. The average Bonchev–Trinajstić information content (AvgIpc) is 3.15. The number of ether oxygens (including phenoxy) is 1. The van der Waals surface area contributed by atoms with Crippen molar-refractivity contribution in [3.05, 3.63) is 21.9 Å². The number of nitrogens with one attached hydrogen (secondary N) is 3. The number of halogens is 1. The minimum atomic E-state index is -0.207. The molecule has 2 atom stereocenters. The number of hydrogen-bond acceptors (Lipinski definition) is 6. The van der Waals surface area contributed by atoms with Crippen LogP contribution >= 0.6 is 12.4 Å². The summed E-state index contributed by atoms with van der Waals surface area (Å²) in [6.45, 7) is 7.50. The molecule has 2 aromatic rings. The van der Waals surface area contributed by atoms with Gasteiger partial charge in [-0.05, 0) is 24.7 Å². The lowest BCUT2D eigenvalue weighted by molar-refractivity contribution is -0.124. The van der Waals surface area contributed by atoms with Crippen LogP contribution in [0.2, 0.25) is 0 Å². The van der Waals surface area contributed by atoms with E-state index in [4.69, 9.17) is 9.72 Å². The molecule has 10 heteroatoms. The maximum absolute atomic E-state index is 12.6. The third-order valence-electron chi connectivity index (χ3n) is 6.25. The van der Waals surface area contributed by atoms with E-state index in [0.717, 1.165) is 44.5 Å². The van der Waals surface area contributed by atoms with Gasteiger partial charge in [-0.1, -0.05) is 26.7 Å². The second-order valence-corrected chi connectivity index (χ2v) is 8.81. The van der Waals surface area contributed by atoms with Gasteiger partial charge in [-0.3, -0.25) is 19.6 Å². The molecule has 0 bridgehead atoms. The van der Waals surface area contributed by atoms with E-state index < -0.39 is 0 Å². The molecule has 2 aromatic heterocycles. The lowest BCUT2D eigenvalue weighted by Crippen LogP contribution is -2.48. The van der Waals surface area contributed by atoms with Crippen LogP contribution in [0.3, 0.4) is 0 Å². The molecule has 31 heavy (non-hydrogen) atoms. The standard InChI is InChI=1S/C21H32N6O3.ClH/c1-13(2)18-19-20(26-25-18)21(29)24-16(23-19)11-14-5-3-4-6-15(14)22-17(28)12-27-7-9-30-10-8-27;/h13-15H,3-12H2,1-2H3,(H,22,28)(H,25,26)(H,23,24,29);1H/t14-,15+;/m0./s1. The lowest BCUT2D eigenvalue weighted by Gasteiger charge is -2.33. The summed E-state index contributed by atoms with van der Waals surface area (Å²) >= 11 is 0. The van der Waals surface area contributed by atoms with Crippen LogP contribution in [-0.4, -0.2) is 69.9 Å². The van der Waals surface area contributed by atoms with Crippen molar-refractivity contribution in [2.24, 2.45) is 5.92 Å². The van der Waals surface area contributed by atoms with Crippen LogP contribution in [0.25, 0.3) is 11.0 Å². The van der Waals surface area contributed by atoms with Crippen molar-refractivity contribution in [1.29, 1.82) is 0 Å². The minimum Gasteiger partial charge on any atom is -0.379 e. The Labute approximate surface area is 188 Å². The van der Waals surface area contributed by atoms with Gasteiger partial charge in [-0.25, -0.2) is 4.98 Å². The van der Waals surface area contributed by atoms with Crippen LogP contribution in [-0.2, 0) is 16.0 Å². The molecule has 2 fully saturated rings. The van der Waals surface area contributed by atoms with Crippen molar-refractivity contribution >= 4 is 29.3 Å². The van der Waals surface area contributed by atoms with Gasteiger partial charge in [0.15, 0.2) is 5.52 Å². The molecular weight excluding hydrogens is 420 g/mol. The zero-order valence-electron chi connectivity index (χ0n) is 18.3. The summed E-state index contributed by atoms with van der Waals surface area (Å²) in [5.41, 5.74) is 1.70. The van der Waals surface area contributed by atoms with E-state index in [1.807, 2.05) is 0 Å². The first kappa shape index (κ1) is 23.7. The fourth-order valence-electron chi connectivity index (χ4n) is 4.58. The van der Waals surface area contributed by atoms with Crippen molar-refractivity contribution in [2.75, 3.05) is 32.8 Å². The zero-order valence-corrected chi connectivity index (χ0v) is 19.1. The summed E-state index contributed by atoms with van der Waals surface area (Å²) in [5, 5.41) is 10.3. The van der Waals surface area contributed by atoms with E-state index in [-0.39, 0.29) is 41.8 Å². The zero-order chi connectivity index (χ0) is 21.1. The monoisotopic (exact) mass is 452 g/mol. The molecule has 1 aliphatic carbocycles. The summed E-state index contributed by atoms with van der Waals surface area (Å²) in [7, 11) is 0. The number of fused-ring (bicyclic) bond motifs is 1. The van der Waals surface area contributed by atoms with Crippen molar-refractivity contribution in [3.63, 3.8) is 0 Å². The second kappa shape index (κ2) is 10.6. The molecule has 0 aromatic carbocycles. The van der Waals surface area contributed by atoms with Crippen molar-refractivity contribution in [1.82, 2.24) is 30.4 Å². The van der Waals surface area contributed by atoms with Gasteiger partial charge in [0.05, 0.1) is 25.5 Å². The molecule has 2 aliphatic rings. The van der Waals surface area contributed by atoms with Gasteiger partial charge in [0.1, 0.15) is 11.3 Å². The molecule has 3 heterocycles. The maximum Gasteiger partial charge on any atom is 0.279 e. The van der Waals surface area contributed by atoms with E-state index in [9.17, 15) is 9.59 Å². The predicted octanol–water partition coefficient (Wildman–Crippen LogP) is 1.74. The first-order valence-corrected chi connectivity index (χ1v) is 11.1. The van der Waals surface area contributed by atoms with Gasteiger partial charge < -0.3 is 15.0 Å². The summed E-state index contributed by atoms with van der Waals surface area (Å²) in [6, 6.07) is 0.113. The summed E-state index contributed by atoms with van der Waals surface area (Å²) in [4.78, 5) is 34.9. The Morgan fingerprint density at radius 3 is 2.71 bits per heavy atom. The van der Waals surface area contributed by atoms with Gasteiger partial charge in [-0.15, -0.1) is 12.4 Å². The average molecular weight is 453 g/mol. The number of rotatable bonds is 6. The third-order valence-corrected chi connectivity index (χ3v) is 6.25. The molecule has 172 valence electrons. The van der Waals surface area contributed by atoms with Crippen molar-refractivity contribution in [2.45, 2.75) is 57.9 Å². The number of aromatic amines is 2. The molecule has 3 N–H and O–H groups in total. The number of hydrogen-bond donors (Lipinski definition) is 3. The molecule has 1 saturated heterocycles. The highest BCUT2D eigenvalue weighted by atomic mass is 35.5. The van der Waals surface area contributed by atoms with E-state index >= 15 is 0 Å². The van der Waals surface area contributed by atoms with Crippen LogP contribution in [0, 0.1) is 5.92 Å². The SMILES string of the molecule is CC(C)c1[nH]nc2c(=O)[nH]c(C[C@@H]3CCCC[C@H]3NC(=O)CN3CCOCC3)nc12.Cl. The Balaban J connectivity index is 0.00000272. The number of carbonyl (C=O) groups is 1. The van der Waals surface area contributed by atoms with Crippen LogP contribution < -0.4 is 10.9 Å². The molecule has 0 radical (unpaired) electrons. The van der Waals surface area contributed by atoms with Crippen LogP contribution in [0.15, 0.2) is 4.79 Å². The summed E-state index contributed by atoms with van der Waals surface area (Å²) < 4.78 is 5.36.